The second-order valence-electron chi connectivity index (χ2n) is 4.63. The molecule has 3 nitrogen and oxygen atoms in total. The zero-order valence-corrected chi connectivity index (χ0v) is 11.1. The van der Waals surface area contributed by atoms with Crippen LogP contribution < -0.4 is 5.32 Å². The molecule has 0 bridgehead atoms. The van der Waals surface area contributed by atoms with Gasteiger partial charge in [-0.2, -0.15) is 11.8 Å². The topological polar surface area (TPSA) is 45.4 Å². The third-order valence-corrected chi connectivity index (χ3v) is 4.49. The highest BCUT2D eigenvalue weighted by molar-refractivity contribution is 7.99. The minimum absolute atomic E-state index is 0.0159. The second kappa shape index (κ2) is 6.47. The summed E-state index contributed by atoms with van der Waals surface area (Å²) in [5.41, 5.74) is 0. The van der Waals surface area contributed by atoms with Crippen LogP contribution >= 0.6 is 11.8 Å². The van der Waals surface area contributed by atoms with Gasteiger partial charge in [0.2, 0.25) is 0 Å². The minimum Gasteiger partial charge on any atom is -0.462 e. The molecule has 2 rings (SSSR count). The molecule has 2 unspecified atom stereocenters. The van der Waals surface area contributed by atoms with E-state index in [1.807, 2.05) is 23.9 Å². The van der Waals surface area contributed by atoms with Gasteiger partial charge in [-0.25, -0.2) is 0 Å². The first-order valence-corrected chi connectivity index (χ1v) is 7.55. The van der Waals surface area contributed by atoms with Crippen LogP contribution in [0.2, 0.25) is 0 Å². The molecule has 0 saturated heterocycles. The van der Waals surface area contributed by atoms with Crippen molar-refractivity contribution in [3.8, 4) is 0 Å². The summed E-state index contributed by atoms with van der Waals surface area (Å²) in [6.45, 7) is 0.754. The highest BCUT2D eigenvalue weighted by Crippen LogP contribution is 2.27. The van der Waals surface area contributed by atoms with Crippen molar-refractivity contribution >= 4 is 11.8 Å². The Morgan fingerprint density at radius 3 is 2.94 bits per heavy atom. The highest BCUT2D eigenvalue weighted by atomic mass is 32.2. The molecule has 2 atom stereocenters. The summed E-state index contributed by atoms with van der Waals surface area (Å²) in [6.07, 6.45) is 7.41. The molecule has 1 aromatic heterocycles. The molecule has 1 fully saturated rings. The first-order chi connectivity index (χ1) is 8.31. The molecule has 0 radical (unpaired) electrons. The second-order valence-corrected chi connectivity index (χ2v) is 5.77. The summed E-state index contributed by atoms with van der Waals surface area (Å²) in [6, 6.07) is 4.39. The lowest BCUT2D eigenvalue weighted by atomic mass is 9.95. The number of furan rings is 1. The molecule has 1 heterocycles. The third-order valence-electron chi connectivity index (χ3n) is 3.40. The first kappa shape index (κ1) is 13.0. The van der Waals surface area contributed by atoms with Gasteiger partial charge in [0, 0.05) is 11.3 Å². The van der Waals surface area contributed by atoms with Crippen molar-refractivity contribution in [3.05, 3.63) is 23.7 Å². The monoisotopic (exact) mass is 255 g/mol. The van der Waals surface area contributed by atoms with Crippen LogP contribution in [0, 0.1) is 0 Å². The molecule has 17 heavy (non-hydrogen) atoms. The van der Waals surface area contributed by atoms with Gasteiger partial charge in [-0.05, 0) is 37.7 Å². The zero-order valence-electron chi connectivity index (χ0n) is 10.3. The summed E-state index contributed by atoms with van der Waals surface area (Å²) in [4.78, 5) is 0. The summed E-state index contributed by atoms with van der Waals surface area (Å²) >= 11 is 1.98. The van der Waals surface area contributed by atoms with Crippen molar-refractivity contribution in [1.82, 2.24) is 5.32 Å². The largest absolute Gasteiger partial charge is 0.462 e. The molecule has 96 valence electrons. The van der Waals surface area contributed by atoms with Gasteiger partial charge in [0.25, 0.3) is 0 Å². The van der Waals surface area contributed by atoms with E-state index in [4.69, 9.17) is 9.52 Å². The van der Waals surface area contributed by atoms with E-state index in [0.717, 1.165) is 17.6 Å². The summed E-state index contributed by atoms with van der Waals surface area (Å²) < 4.78 is 5.46. The Morgan fingerprint density at radius 2 is 2.24 bits per heavy atom. The van der Waals surface area contributed by atoms with Crippen molar-refractivity contribution in [2.45, 2.75) is 50.1 Å². The Kier molecular flexibility index (Phi) is 4.95. The smallest absolute Gasteiger partial charge is 0.129 e. The number of aliphatic hydroxyl groups is 1. The standard InChI is InChI=1S/C13H21NO2S/c1-17-13-4-2-3-10(7-13)14-8-11-5-6-12(9-15)16-11/h5-6,10,13-15H,2-4,7-9H2,1H3. The van der Waals surface area contributed by atoms with Crippen LogP contribution in [0.3, 0.4) is 0 Å². The number of thioether (sulfide) groups is 1. The maximum absolute atomic E-state index is 8.92. The first-order valence-electron chi connectivity index (χ1n) is 6.26. The lowest BCUT2D eigenvalue weighted by Gasteiger charge is -2.28. The molecule has 1 aliphatic rings. The van der Waals surface area contributed by atoms with Gasteiger partial charge in [-0.1, -0.05) is 6.42 Å². The van der Waals surface area contributed by atoms with E-state index in [-0.39, 0.29) is 6.61 Å². The van der Waals surface area contributed by atoms with Crippen LogP contribution in [0.5, 0.6) is 0 Å². The molecule has 0 spiro atoms. The van der Waals surface area contributed by atoms with Crippen molar-refractivity contribution < 1.29 is 9.52 Å². The normalized spacial score (nSPS) is 25.1. The van der Waals surface area contributed by atoms with Gasteiger partial charge >= 0.3 is 0 Å². The van der Waals surface area contributed by atoms with Crippen LogP contribution in [0.25, 0.3) is 0 Å². The Labute approximate surface area is 107 Å². The van der Waals surface area contributed by atoms with E-state index in [9.17, 15) is 0 Å². The Hall–Kier alpha value is -0.450. The lowest BCUT2D eigenvalue weighted by Crippen LogP contribution is -2.34. The van der Waals surface area contributed by atoms with Gasteiger partial charge in [-0.15, -0.1) is 0 Å². The van der Waals surface area contributed by atoms with Crippen molar-refractivity contribution in [2.24, 2.45) is 0 Å². The van der Waals surface area contributed by atoms with E-state index in [0.29, 0.717) is 11.8 Å². The van der Waals surface area contributed by atoms with Gasteiger partial charge < -0.3 is 14.8 Å². The molecule has 0 aliphatic heterocycles. The van der Waals surface area contributed by atoms with Gasteiger partial charge in [0.1, 0.15) is 18.1 Å². The summed E-state index contributed by atoms with van der Waals surface area (Å²) in [5, 5.41) is 13.3. The van der Waals surface area contributed by atoms with E-state index < -0.39 is 0 Å². The molecule has 1 aliphatic carbocycles. The maximum atomic E-state index is 8.92. The fourth-order valence-corrected chi connectivity index (χ4v) is 3.22. The van der Waals surface area contributed by atoms with Crippen molar-refractivity contribution in [3.63, 3.8) is 0 Å². The van der Waals surface area contributed by atoms with Crippen molar-refractivity contribution in [1.29, 1.82) is 0 Å². The fraction of sp³-hybridized carbons (Fsp3) is 0.692. The Morgan fingerprint density at radius 1 is 1.41 bits per heavy atom. The lowest BCUT2D eigenvalue weighted by molar-refractivity contribution is 0.241. The molecule has 4 heteroatoms. The zero-order chi connectivity index (χ0) is 12.1. The number of aliphatic hydroxyl groups excluding tert-OH is 1. The molecule has 1 aromatic rings. The van der Waals surface area contributed by atoms with E-state index >= 15 is 0 Å². The van der Waals surface area contributed by atoms with Crippen LogP contribution in [-0.2, 0) is 13.2 Å². The van der Waals surface area contributed by atoms with Crippen LogP contribution in [0.4, 0.5) is 0 Å². The third kappa shape index (κ3) is 3.76. The van der Waals surface area contributed by atoms with Gasteiger partial charge in [-0.3, -0.25) is 0 Å². The minimum atomic E-state index is -0.0159. The number of hydrogen-bond acceptors (Lipinski definition) is 4. The molecular formula is C13H21NO2S. The number of hydrogen-bond donors (Lipinski definition) is 2. The molecule has 0 amide bonds. The van der Waals surface area contributed by atoms with E-state index in [1.54, 1.807) is 0 Å². The summed E-state index contributed by atoms with van der Waals surface area (Å²) in [7, 11) is 0. The average Bonchev–Trinajstić information content (AvgIpc) is 2.84. The molecule has 1 saturated carbocycles. The predicted molar refractivity (Wildman–Crippen MR) is 71.0 cm³/mol. The SMILES string of the molecule is CSC1CCCC(NCc2ccc(CO)o2)C1. The summed E-state index contributed by atoms with van der Waals surface area (Å²) in [5.74, 6) is 1.56. The number of rotatable bonds is 5. The Balaban J connectivity index is 1.77. The van der Waals surface area contributed by atoms with Gasteiger partial charge in [0.15, 0.2) is 0 Å². The highest BCUT2D eigenvalue weighted by Gasteiger charge is 2.20. The van der Waals surface area contributed by atoms with E-state index in [2.05, 4.69) is 11.6 Å². The van der Waals surface area contributed by atoms with Crippen molar-refractivity contribution in [2.75, 3.05) is 6.26 Å². The maximum Gasteiger partial charge on any atom is 0.129 e. The predicted octanol–water partition coefficient (Wildman–Crippen LogP) is 2.54. The average molecular weight is 255 g/mol. The Bertz CT molecular complexity index is 340. The molecule has 0 aromatic carbocycles. The molecule has 2 N–H and O–H groups in total. The van der Waals surface area contributed by atoms with Crippen LogP contribution in [-0.4, -0.2) is 22.7 Å². The quantitative estimate of drug-likeness (QED) is 0.848. The van der Waals surface area contributed by atoms with E-state index in [1.165, 1.54) is 25.7 Å². The van der Waals surface area contributed by atoms with Crippen LogP contribution in [0.1, 0.15) is 37.2 Å². The number of nitrogens with one attached hydrogen (secondary N) is 1. The van der Waals surface area contributed by atoms with Gasteiger partial charge in [0.05, 0.1) is 6.54 Å². The fourth-order valence-electron chi connectivity index (χ4n) is 2.39. The van der Waals surface area contributed by atoms with Crippen LogP contribution in [0.15, 0.2) is 16.5 Å². The molecular weight excluding hydrogens is 234 g/mol.